The van der Waals surface area contributed by atoms with E-state index in [0.29, 0.717) is 18.8 Å². The zero-order chi connectivity index (χ0) is 29.1. The maximum Gasteiger partial charge on any atom is 0.250 e. The Morgan fingerprint density at radius 1 is 1.02 bits per heavy atom. The van der Waals surface area contributed by atoms with E-state index in [1.165, 1.54) is 0 Å². The fourth-order valence-electron chi connectivity index (χ4n) is 5.34. The monoisotopic (exact) mass is 553 g/mol. The number of amides is 2. The molecule has 0 saturated carbocycles. The van der Waals surface area contributed by atoms with Crippen molar-refractivity contribution in [2.45, 2.75) is 19.0 Å². The van der Waals surface area contributed by atoms with Crippen LogP contribution in [0.3, 0.4) is 0 Å². The van der Waals surface area contributed by atoms with Crippen molar-refractivity contribution < 1.29 is 9.59 Å². The van der Waals surface area contributed by atoms with E-state index in [0.717, 1.165) is 44.4 Å². The molecular formula is C35H31N5O2. The minimum atomic E-state index is -0.609. The van der Waals surface area contributed by atoms with Gasteiger partial charge in [0, 0.05) is 67.6 Å². The van der Waals surface area contributed by atoms with Crippen LogP contribution in [0, 0.1) is 0 Å². The van der Waals surface area contributed by atoms with Crippen LogP contribution in [0.25, 0.3) is 17.0 Å². The normalized spacial score (nSPS) is 14.4. The number of anilines is 1. The first kappa shape index (κ1) is 26.9. The molecule has 1 atom stereocenters. The highest BCUT2D eigenvalue weighted by Gasteiger charge is 2.27. The van der Waals surface area contributed by atoms with Crippen LogP contribution in [0.2, 0.25) is 0 Å². The average Bonchev–Trinajstić information content (AvgIpc) is 3.34. The lowest BCUT2D eigenvalue weighted by atomic mass is 9.98. The maximum absolute atomic E-state index is 13.0. The number of fused-ring (bicyclic) bond motifs is 2. The van der Waals surface area contributed by atoms with Crippen molar-refractivity contribution in [1.29, 1.82) is 0 Å². The lowest BCUT2D eigenvalue weighted by Crippen LogP contribution is -2.34. The maximum atomic E-state index is 13.0. The minimum Gasteiger partial charge on any atom is -0.350 e. The standard InChI is InChI=1S/C35H31N5O2/c1-39-22-28(29-15-9-10-16-31(29)39)23-40(2)32(41)18-17-24-19-27-20-30(35(42)38-34(27)36-21-24)37-33(25-11-5-3-6-12-25)26-13-7-4-8-14-26/h3-19,21-22,30H,20,23H2,1-2H3,(H,36,38,42). The van der Waals surface area contributed by atoms with Crippen molar-refractivity contribution >= 4 is 40.3 Å². The molecule has 0 bridgehead atoms. The van der Waals surface area contributed by atoms with Crippen LogP contribution in [-0.2, 0) is 29.6 Å². The summed E-state index contributed by atoms with van der Waals surface area (Å²) in [6.07, 6.45) is 7.47. The number of nitrogens with one attached hydrogen (secondary N) is 1. The van der Waals surface area contributed by atoms with E-state index >= 15 is 0 Å². The summed E-state index contributed by atoms with van der Waals surface area (Å²) in [4.78, 5) is 37.1. The molecule has 6 rings (SSSR count). The van der Waals surface area contributed by atoms with Gasteiger partial charge in [-0.2, -0.15) is 0 Å². The number of likely N-dealkylation sites (N-methyl/N-ethyl adjacent to an activating group) is 1. The second-order valence-electron chi connectivity index (χ2n) is 10.5. The number of aliphatic imine (C=N–C) groups is 1. The molecule has 0 radical (unpaired) electrons. The van der Waals surface area contributed by atoms with Crippen molar-refractivity contribution in [2.75, 3.05) is 12.4 Å². The van der Waals surface area contributed by atoms with E-state index in [4.69, 9.17) is 4.99 Å². The number of aryl methyl sites for hydroxylation is 1. The number of hydrogen-bond donors (Lipinski definition) is 1. The van der Waals surface area contributed by atoms with Crippen LogP contribution >= 0.6 is 0 Å². The Bertz CT molecular complexity index is 1780. The summed E-state index contributed by atoms with van der Waals surface area (Å²) in [7, 11) is 3.81. The molecule has 208 valence electrons. The fraction of sp³-hybridized carbons (Fsp3) is 0.143. The fourth-order valence-corrected chi connectivity index (χ4v) is 5.34. The Morgan fingerprint density at radius 2 is 1.69 bits per heavy atom. The van der Waals surface area contributed by atoms with Gasteiger partial charge in [0.1, 0.15) is 11.9 Å². The molecule has 1 aliphatic heterocycles. The summed E-state index contributed by atoms with van der Waals surface area (Å²) in [5.74, 6) is 0.240. The van der Waals surface area contributed by atoms with E-state index < -0.39 is 6.04 Å². The van der Waals surface area contributed by atoms with E-state index in [2.05, 4.69) is 33.2 Å². The summed E-state index contributed by atoms with van der Waals surface area (Å²) in [6.45, 7) is 0.504. The number of aromatic nitrogens is 2. The molecular weight excluding hydrogens is 522 g/mol. The second kappa shape index (κ2) is 11.7. The van der Waals surface area contributed by atoms with Crippen molar-refractivity contribution in [2.24, 2.45) is 12.0 Å². The molecule has 2 amide bonds. The molecule has 5 aromatic rings. The van der Waals surface area contributed by atoms with Gasteiger partial charge in [-0.1, -0.05) is 78.9 Å². The number of benzene rings is 3. The highest BCUT2D eigenvalue weighted by Crippen LogP contribution is 2.25. The zero-order valence-corrected chi connectivity index (χ0v) is 23.6. The third-order valence-corrected chi connectivity index (χ3v) is 7.51. The zero-order valence-electron chi connectivity index (χ0n) is 23.6. The highest BCUT2D eigenvalue weighted by atomic mass is 16.2. The van der Waals surface area contributed by atoms with Gasteiger partial charge < -0.3 is 14.8 Å². The number of para-hydroxylation sites is 1. The van der Waals surface area contributed by atoms with E-state index in [1.807, 2.05) is 85.9 Å². The summed E-state index contributed by atoms with van der Waals surface area (Å²) >= 11 is 0. The van der Waals surface area contributed by atoms with Gasteiger partial charge >= 0.3 is 0 Å². The summed E-state index contributed by atoms with van der Waals surface area (Å²) in [5.41, 5.74) is 6.56. The molecule has 0 saturated heterocycles. The van der Waals surface area contributed by atoms with Crippen molar-refractivity contribution in [1.82, 2.24) is 14.5 Å². The molecule has 7 heteroatoms. The Morgan fingerprint density at radius 3 is 2.40 bits per heavy atom. The molecule has 1 N–H and O–H groups in total. The number of nitrogens with zero attached hydrogens (tertiary/aromatic N) is 4. The number of carbonyl (C=O) groups is 2. The predicted octanol–water partition coefficient (Wildman–Crippen LogP) is 5.65. The molecule has 0 spiro atoms. The minimum absolute atomic E-state index is 0.105. The molecule has 1 aliphatic rings. The van der Waals surface area contributed by atoms with Gasteiger partial charge in [0.2, 0.25) is 5.91 Å². The molecule has 3 aromatic carbocycles. The lowest BCUT2D eigenvalue weighted by molar-refractivity contribution is -0.125. The Kier molecular flexibility index (Phi) is 7.47. The largest absolute Gasteiger partial charge is 0.350 e. The van der Waals surface area contributed by atoms with Crippen LogP contribution in [0.1, 0.15) is 27.8 Å². The number of hydrogen-bond acceptors (Lipinski definition) is 4. The quantitative estimate of drug-likeness (QED) is 0.209. The number of pyridine rings is 1. The molecule has 42 heavy (non-hydrogen) atoms. The van der Waals surface area contributed by atoms with Crippen molar-refractivity contribution in [3.05, 3.63) is 137 Å². The SMILES string of the molecule is CN(Cc1cn(C)c2ccccc12)C(=O)C=Cc1cnc2c(c1)CC(N=C(c1ccccc1)c1ccccc1)C(=O)N2. The average molecular weight is 554 g/mol. The van der Waals surface area contributed by atoms with Crippen LogP contribution < -0.4 is 5.32 Å². The second-order valence-corrected chi connectivity index (χ2v) is 10.5. The Labute approximate surface area is 244 Å². The van der Waals surface area contributed by atoms with Crippen LogP contribution in [0.15, 0.2) is 114 Å². The van der Waals surface area contributed by atoms with E-state index in [1.54, 1.807) is 30.3 Å². The van der Waals surface area contributed by atoms with Gasteiger partial charge in [0.15, 0.2) is 0 Å². The number of rotatable bonds is 7. The van der Waals surface area contributed by atoms with Gasteiger partial charge in [-0.3, -0.25) is 14.6 Å². The first-order valence-corrected chi connectivity index (χ1v) is 13.9. The molecule has 7 nitrogen and oxygen atoms in total. The smallest absolute Gasteiger partial charge is 0.250 e. The van der Waals surface area contributed by atoms with E-state index in [-0.39, 0.29) is 11.8 Å². The Balaban J connectivity index is 1.20. The third-order valence-electron chi connectivity index (χ3n) is 7.51. The van der Waals surface area contributed by atoms with Crippen LogP contribution in [0.5, 0.6) is 0 Å². The predicted molar refractivity (Wildman–Crippen MR) is 167 cm³/mol. The summed E-state index contributed by atoms with van der Waals surface area (Å²) < 4.78 is 2.08. The van der Waals surface area contributed by atoms with Gasteiger partial charge in [-0.25, -0.2) is 4.98 Å². The van der Waals surface area contributed by atoms with E-state index in [9.17, 15) is 9.59 Å². The van der Waals surface area contributed by atoms with Gasteiger partial charge in [-0.15, -0.1) is 0 Å². The highest BCUT2D eigenvalue weighted by molar-refractivity contribution is 6.14. The van der Waals surface area contributed by atoms with Crippen molar-refractivity contribution in [3.63, 3.8) is 0 Å². The summed E-state index contributed by atoms with van der Waals surface area (Å²) in [5, 5.41) is 4.06. The molecule has 0 fully saturated rings. The molecule has 3 heterocycles. The first-order valence-electron chi connectivity index (χ1n) is 13.9. The van der Waals surface area contributed by atoms with Gasteiger partial charge in [-0.05, 0) is 34.9 Å². The third kappa shape index (κ3) is 5.63. The van der Waals surface area contributed by atoms with Crippen molar-refractivity contribution in [3.8, 4) is 0 Å². The first-order chi connectivity index (χ1) is 20.5. The van der Waals surface area contributed by atoms with Crippen LogP contribution in [-0.4, -0.2) is 45.1 Å². The van der Waals surface area contributed by atoms with Gasteiger partial charge in [0.25, 0.3) is 5.91 Å². The molecule has 1 unspecified atom stereocenters. The van der Waals surface area contributed by atoms with Gasteiger partial charge in [0.05, 0.1) is 5.71 Å². The molecule has 0 aliphatic carbocycles. The lowest BCUT2D eigenvalue weighted by Gasteiger charge is -2.22. The number of carbonyl (C=O) groups excluding carboxylic acids is 2. The topological polar surface area (TPSA) is 79.6 Å². The van der Waals surface area contributed by atoms with Crippen LogP contribution in [0.4, 0.5) is 5.82 Å². The summed E-state index contributed by atoms with van der Waals surface area (Å²) in [6, 6.07) is 29.3. The molecule has 2 aromatic heterocycles. The Hall–Kier alpha value is -5.30.